The molecule has 0 bridgehead atoms. The van der Waals surface area contributed by atoms with Gasteiger partial charge >= 0.3 is 0 Å². The normalized spacial score (nSPS) is 17.5. The molecule has 4 aromatic rings. The molecule has 3 aromatic heterocycles. The second kappa shape index (κ2) is 7.36. The molecule has 0 spiro atoms. The van der Waals surface area contributed by atoms with Crippen molar-refractivity contribution in [3.05, 3.63) is 53.5 Å². The molecular weight excluding hydrogens is 427 g/mol. The molecule has 1 saturated carbocycles. The molecular formula is C23H21FN6O3. The molecule has 9 nitrogen and oxygen atoms in total. The summed E-state index contributed by atoms with van der Waals surface area (Å²) < 4.78 is 25.0. The predicted molar refractivity (Wildman–Crippen MR) is 116 cm³/mol. The number of anilines is 1. The zero-order chi connectivity index (χ0) is 22.6. The third-order valence-electron chi connectivity index (χ3n) is 6.11. The number of benzene rings is 1. The van der Waals surface area contributed by atoms with Gasteiger partial charge in [0.25, 0.3) is 17.8 Å². The summed E-state index contributed by atoms with van der Waals surface area (Å²) in [6.45, 7) is 4.26. The van der Waals surface area contributed by atoms with E-state index in [-0.39, 0.29) is 11.8 Å². The first kappa shape index (κ1) is 19.8. The number of fused-ring (bicyclic) bond motifs is 1. The van der Waals surface area contributed by atoms with Gasteiger partial charge in [-0.05, 0) is 44.0 Å². The zero-order valence-corrected chi connectivity index (χ0v) is 18.0. The summed E-state index contributed by atoms with van der Waals surface area (Å²) in [4.78, 5) is 29.8. The largest absolute Gasteiger partial charge is 0.422 e. The number of piperazine rings is 1. The molecule has 1 aliphatic heterocycles. The van der Waals surface area contributed by atoms with Gasteiger partial charge in [0.1, 0.15) is 0 Å². The van der Waals surface area contributed by atoms with Crippen molar-refractivity contribution < 1.29 is 18.1 Å². The fourth-order valence-corrected chi connectivity index (χ4v) is 3.93. The van der Waals surface area contributed by atoms with Crippen LogP contribution in [0.5, 0.6) is 0 Å². The Morgan fingerprint density at radius 3 is 2.48 bits per heavy atom. The van der Waals surface area contributed by atoms with Crippen LogP contribution in [0.4, 0.5) is 10.4 Å². The van der Waals surface area contributed by atoms with Gasteiger partial charge in [-0.2, -0.15) is 9.97 Å². The van der Waals surface area contributed by atoms with Gasteiger partial charge in [-0.1, -0.05) is 17.3 Å². The highest BCUT2D eigenvalue weighted by Crippen LogP contribution is 2.49. The number of pyridine rings is 1. The van der Waals surface area contributed by atoms with E-state index in [1.807, 2.05) is 28.9 Å². The fraction of sp³-hybridized carbons (Fsp3) is 0.348. The van der Waals surface area contributed by atoms with E-state index in [1.165, 1.54) is 0 Å². The number of aromatic nitrogens is 4. The molecule has 6 rings (SSSR count). The Labute approximate surface area is 188 Å². The van der Waals surface area contributed by atoms with Gasteiger partial charge in [-0.15, -0.1) is 0 Å². The highest BCUT2D eigenvalue weighted by Gasteiger charge is 2.50. The Kier molecular flexibility index (Phi) is 4.42. The summed E-state index contributed by atoms with van der Waals surface area (Å²) in [6, 6.07) is 11.3. The van der Waals surface area contributed by atoms with Crippen molar-refractivity contribution in [2.75, 3.05) is 31.1 Å². The number of halogens is 1. The number of carbonyl (C=O) groups excluding carboxylic acids is 1. The quantitative estimate of drug-likeness (QED) is 0.468. The molecule has 0 radical (unpaired) electrons. The number of hydrogen-bond acceptors (Lipinski definition) is 8. The topological polar surface area (TPSA) is 101 Å². The van der Waals surface area contributed by atoms with Gasteiger partial charge < -0.3 is 18.7 Å². The van der Waals surface area contributed by atoms with Crippen LogP contribution in [0.15, 0.2) is 45.3 Å². The molecule has 2 fully saturated rings. The Hall–Kier alpha value is -3.82. The number of nitrogens with zero attached hydrogens (tertiary/aromatic N) is 6. The average Bonchev–Trinajstić information content (AvgIpc) is 3.24. The molecule has 0 unspecified atom stereocenters. The van der Waals surface area contributed by atoms with Crippen molar-refractivity contribution in [3.63, 3.8) is 0 Å². The lowest BCUT2D eigenvalue weighted by Gasteiger charge is -2.33. The first-order valence-corrected chi connectivity index (χ1v) is 10.9. The first-order chi connectivity index (χ1) is 16.0. The van der Waals surface area contributed by atoms with Crippen LogP contribution in [-0.4, -0.2) is 57.1 Å². The molecule has 1 saturated heterocycles. The summed E-state index contributed by atoms with van der Waals surface area (Å²) in [5, 5.41) is 3.87. The molecule has 0 N–H and O–H groups in total. The molecule has 10 heteroatoms. The highest BCUT2D eigenvalue weighted by atomic mass is 19.1. The smallest absolute Gasteiger partial charge is 0.300 e. The predicted octanol–water partition coefficient (Wildman–Crippen LogP) is 3.50. The number of oxazole rings is 1. The van der Waals surface area contributed by atoms with Gasteiger partial charge in [0, 0.05) is 43.0 Å². The van der Waals surface area contributed by atoms with E-state index in [0.29, 0.717) is 73.2 Å². The minimum absolute atomic E-state index is 0.0281. The van der Waals surface area contributed by atoms with Crippen LogP contribution in [0, 0.1) is 6.92 Å². The fourth-order valence-electron chi connectivity index (χ4n) is 3.93. The summed E-state index contributed by atoms with van der Waals surface area (Å²) >= 11 is 0. The molecule has 1 aromatic carbocycles. The lowest BCUT2D eigenvalue weighted by molar-refractivity contribution is 0.0745. The monoisotopic (exact) mass is 448 g/mol. The van der Waals surface area contributed by atoms with E-state index in [9.17, 15) is 9.18 Å². The number of alkyl halides is 1. The molecule has 1 aliphatic carbocycles. The van der Waals surface area contributed by atoms with E-state index < -0.39 is 5.67 Å². The van der Waals surface area contributed by atoms with Crippen molar-refractivity contribution in [1.29, 1.82) is 0 Å². The van der Waals surface area contributed by atoms with Crippen molar-refractivity contribution in [2.24, 2.45) is 0 Å². The minimum atomic E-state index is -1.46. The number of rotatable bonds is 4. The SMILES string of the molecule is Cc1ccc2oc(N3CCN(C(=O)c4ccc(-c5noc(C6(F)CC6)n5)cc4)CC3)nc2n1. The third-order valence-corrected chi connectivity index (χ3v) is 6.11. The van der Waals surface area contributed by atoms with Crippen molar-refractivity contribution in [3.8, 4) is 11.4 Å². The Bertz CT molecular complexity index is 1340. The summed E-state index contributed by atoms with van der Waals surface area (Å²) in [5.74, 6) is 0.301. The summed E-state index contributed by atoms with van der Waals surface area (Å²) in [5.41, 5.74) is 1.92. The number of amides is 1. The molecule has 33 heavy (non-hydrogen) atoms. The van der Waals surface area contributed by atoms with Crippen LogP contribution in [0.3, 0.4) is 0 Å². The third kappa shape index (κ3) is 3.61. The van der Waals surface area contributed by atoms with Crippen LogP contribution >= 0.6 is 0 Å². The maximum atomic E-state index is 14.1. The van der Waals surface area contributed by atoms with E-state index in [2.05, 4.69) is 20.1 Å². The maximum Gasteiger partial charge on any atom is 0.300 e. The number of hydrogen-bond donors (Lipinski definition) is 0. The van der Waals surface area contributed by atoms with E-state index in [1.54, 1.807) is 24.3 Å². The highest BCUT2D eigenvalue weighted by molar-refractivity contribution is 5.94. The van der Waals surface area contributed by atoms with Gasteiger partial charge in [0.2, 0.25) is 11.5 Å². The Morgan fingerprint density at radius 2 is 1.76 bits per heavy atom. The summed E-state index contributed by atoms with van der Waals surface area (Å²) in [7, 11) is 0. The van der Waals surface area contributed by atoms with Crippen molar-refractivity contribution >= 4 is 23.2 Å². The van der Waals surface area contributed by atoms with Gasteiger partial charge in [0.05, 0.1) is 0 Å². The summed E-state index contributed by atoms with van der Waals surface area (Å²) in [6.07, 6.45) is 0.830. The van der Waals surface area contributed by atoms with Crippen LogP contribution in [0.2, 0.25) is 0 Å². The standard InChI is InChI=1S/C23H21FN6O3/c1-14-2-7-17-19(25-14)27-22(32-17)30-12-10-29(11-13-30)20(31)16-5-3-15(4-6-16)18-26-21(33-28-18)23(24)8-9-23/h2-7H,8-13H2,1H3. The molecule has 0 atom stereocenters. The Balaban J connectivity index is 1.11. The lowest BCUT2D eigenvalue weighted by Crippen LogP contribution is -2.48. The molecule has 2 aliphatic rings. The van der Waals surface area contributed by atoms with E-state index in [0.717, 1.165) is 5.69 Å². The Morgan fingerprint density at radius 1 is 1.00 bits per heavy atom. The molecule has 1 amide bonds. The second-order valence-electron chi connectivity index (χ2n) is 8.52. The van der Waals surface area contributed by atoms with Crippen LogP contribution in [-0.2, 0) is 5.67 Å². The molecule has 4 heterocycles. The maximum absolute atomic E-state index is 14.1. The molecule has 168 valence electrons. The van der Waals surface area contributed by atoms with Crippen LogP contribution < -0.4 is 4.90 Å². The van der Waals surface area contributed by atoms with Crippen LogP contribution in [0.1, 0.15) is 34.8 Å². The van der Waals surface area contributed by atoms with Crippen molar-refractivity contribution in [2.45, 2.75) is 25.4 Å². The zero-order valence-electron chi connectivity index (χ0n) is 18.0. The van der Waals surface area contributed by atoms with E-state index in [4.69, 9.17) is 8.94 Å². The van der Waals surface area contributed by atoms with E-state index >= 15 is 0 Å². The van der Waals surface area contributed by atoms with Gasteiger partial charge in [0.15, 0.2) is 11.3 Å². The van der Waals surface area contributed by atoms with Gasteiger partial charge in [-0.3, -0.25) is 4.79 Å². The minimum Gasteiger partial charge on any atom is -0.422 e. The van der Waals surface area contributed by atoms with Gasteiger partial charge in [-0.25, -0.2) is 9.37 Å². The average molecular weight is 448 g/mol. The second-order valence-corrected chi connectivity index (χ2v) is 8.52. The number of carbonyl (C=O) groups is 1. The lowest BCUT2D eigenvalue weighted by atomic mass is 10.1. The number of aryl methyl sites for hydroxylation is 1. The first-order valence-electron chi connectivity index (χ1n) is 10.9. The van der Waals surface area contributed by atoms with Crippen molar-refractivity contribution in [1.82, 2.24) is 25.0 Å². The van der Waals surface area contributed by atoms with Crippen LogP contribution in [0.25, 0.3) is 22.6 Å².